The number of hydrogen-bond donors (Lipinski definition) is 2. The fourth-order valence-corrected chi connectivity index (χ4v) is 6.31. The van der Waals surface area contributed by atoms with Crippen LogP contribution in [-0.2, 0) is 10.2 Å². The lowest BCUT2D eigenvalue weighted by atomic mass is 9.99. The molecule has 0 atom stereocenters. The van der Waals surface area contributed by atoms with Crippen molar-refractivity contribution in [3.63, 3.8) is 0 Å². The van der Waals surface area contributed by atoms with Crippen LogP contribution in [0.15, 0.2) is 64.3 Å². The van der Waals surface area contributed by atoms with Crippen molar-refractivity contribution in [3.05, 3.63) is 70.4 Å². The number of nitriles is 1. The number of hydrogen-bond acceptors (Lipinski definition) is 6. The summed E-state index contributed by atoms with van der Waals surface area (Å²) in [5.41, 5.74) is 3.42. The molecule has 2 N–H and O–H groups in total. The second-order valence-corrected chi connectivity index (χ2v) is 11.8. The van der Waals surface area contributed by atoms with Crippen molar-refractivity contribution in [1.82, 2.24) is 14.9 Å². The molecule has 1 saturated heterocycles. The van der Waals surface area contributed by atoms with E-state index < -0.39 is 15.1 Å². The number of pyridine rings is 1. The first-order valence-electron chi connectivity index (χ1n) is 13.8. The molecule has 1 aliphatic rings. The summed E-state index contributed by atoms with van der Waals surface area (Å²) in [5.74, 6) is 0.430. The van der Waals surface area contributed by atoms with Gasteiger partial charge in [0.15, 0.2) is 5.43 Å². The summed E-state index contributed by atoms with van der Waals surface area (Å²) in [6.07, 6.45) is 3.37. The van der Waals surface area contributed by atoms with Crippen molar-refractivity contribution in [1.29, 1.82) is 5.26 Å². The Hall–Kier alpha value is -4.20. The van der Waals surface area contributed by atoms with Gasteiger partial charge in [0.2, 0.25) is 0 Å². The molecular formula is C31H29FN4O4S. The first-order chi connectivity index (χ1) is 19.8. The van der Waals surface area contributed by atoms with E-state index in [0.29, 0.717) is 56.5 Å². The van der Waals surface area contributed by atoms with E-state index in [1.807, 2.05) is 19.1 Å². The van der Waals surface area contributed by atoms with Gasteiger partial charge in [0.05, 0.1) is 39.4 Å². The first-order valence-corrected chi connectivity index (χ1v) is 15.1. The molecule has 0 spiro atoms. The highest BCUT2D eigenvalue weighted by molar-refractivity contribution is 7.86. The van der Waals surface area contributed by atoms with E-state index in [2.05, 4.69) is 20.9 Å². The van der Waals surface area contributed by atoms with Crippen LogP contribution >= 0.6 is 0 Å². The Morgan fingerprint density at radius 2 is 1.90 bits per heavy atom. The fourth-order valence-electron chi connectivity index (χ4n) is 5.80. The van der Waals surface area contributed by atoms with Crippen LogP contribution in [0.1, 0.15) is 44.2 Å². The monoisotopic (exact) mass is 572 g/mol. The number of rotatable bonds is 7. The summed E-state index contributed by atoms with van der Waals surface area (Å²) < 4.78 is 45.8. The highest BCUT2D eigenvalue weighted by atomic mass is 32.3. The predicted octanol–water partition coefficient (Wildman–Crippen LogP) is 5.94. The van der Waals surface area contributed by atoms with Crippen LogP contribution in [0.4, 0.5) is 3.89 Å². The SMILES string of the molecule is CCCCOc1cc2c(=O)c3c4ccc(C#N)cc4[nH]c3n(C3CCNCC3)c2cc1-c1cccc(S(=O)(=O)F)c1. The lowest BCUT2D eigenvalue weighted by Gasteiger charge is -2.28. The van der Waals surface area contributed by atoms with E-state index >= 15 is 0 Å². The lowest BCUT2D eigenvalue weighted by Crippen LogP contribution is -2.30. The van der Waals surface area contributed by atoms with Crippen molar-refractivity contribution in [2.75, 3.05) is 19.7 Å². The minimum Gasteiger partial charge on any atom is -0.493 e. The molecule has 210 valence electrons. The quantitative estimate of drug-likeness (QED) is 0.184. The summed E-state index contributed by atoms with van der Waals surface area (Å²) in [6, 6.07) is 16.8. The number of piperidine rings is 1. The Morgan fingerprint density at radius 3 is 2.63 bits per heavy atom. The van der Waals surface area contributed by atoms with Gasteiger partial charge >= 0.3 is 10.2 Å². The Labute approximate surface area is 236 Å². The van der Waals surface area contributed by atoms with Gasteiger partial charge in [-0.25, -0.2) is 0 Å². The van der Waals surface area contributed by atoms with E-state index in [1.165, 1.54) is 18.2 Å². The van der Waals surface area contributed by atoms with Crippen LogP contribution in [0.5, 0.6) is 5.75 Å². The lowest BCUT2D eigenvalue weighted by molar-refractivity contribution is 0.311. The Kier molecular flexibility index (Phi) is 7.01. The van der Waals surface area contributed by atoms with Crippen LogP contribution in [0.3, 0.4) is 0 Å². The molecule has 1 aliphatic heterocycles. The van der Waals surface area contributed by atoms with E-state index in [4.69, 9.17) is 4.74 Å². The largest absolute Gasteiger partial charge is 0.493 e. The summed E-state index contributed by atoms with van der Waals surface area (Å²) in [6.45, 7) is 4.09. The van der Waals surface area contributed by atoms with Gasteiger partial charge in [-0.05, 0) is 74.3 Å². The number of benzene rings is 3. The van der Waals surface area contributed by atoms with Crippen LogP contribution < -0.4 is 15.5 Å². The molecule has 3 heterocycles. The molecule has 0 amide bonds. The summed E-state index contributed by atoms with van der Waals surface area (Å²) in [4.78, 5) is 17.2. The van der Waals surface area contributed by atoms with E-state index in [1.54, 1.807) is 24.3 Å². The standard InChI is InChI=1S/C31H29FN4O4S/c1-2-3-13-40-28-17-25-27(16-24(28)20-5-4-6-22(15-20)41(32,38)39)36(21-9-11-34-12-10-21)31-29(30(25)37)23-8-7-19(18-33)14-26(23)35-31/h4-8,14-17,21,34-35H,2-3,9-13H2,1H3. The molecule has 6 rings (SSSR count). The molecule has 1 fully saturated rings. The topological polar surface area (TPSA) is 117 Å². The average Bonchev–Trinajstić information content (AvgIpc) is 3.36. The van der Waals surface area contributed by atoms with Gasteiger partial charge < -0.3 is 19.6 Å². The highest BCUT2D eigenvalue weighted by Gasteiger charge is 2.25. The van der Waals surface area contributed by atoms with E-state index in [0.717, 1.165) is 44.2 Å². The molecule has 41 heavy (non-hydrogen) atoms. The van der Waals surface area contributed by atoms with Gasteiger partial charge in [-0.2, -0.15) is 13.7 Å². The molecule has 10 heteroatoms. The smallest absolute Gasteiger partial charge is 0.332 e. The molecule has 8 nitrogen and oxygen atoms in total. The van der Waals surface area contributed by atoms with Crippen molar-refractivity contribution in [3.8, 4) is 22.9 Å². The van der Waals surface area contributed by atoms with Crippen LogP contribution in [0.25, 0.3) is 44.0 Å². The number of fused-ring (bicyclic) bond motifs is 4. The maximum absolute atomic E-state index is 14.2. The number of H-pyrrole nitrogens is 1. The molecule has 0 bridgehead atoms. The molecule has 5 aromatic rings. The predicted molar refractivity (Wildman–Crippen MR) is 158 cm³/mol. The molecule has 0 unspecified atom stereocenters. The number of nitrogens with zero attached hydrogens (tertiary/aromatic N) is 2. The number of ether oxygens (including phenoxy) is 1. The number of unbranched alkanes of at least 4 members (excludes halogenated alkanes) is 1. The van der Waals surface area contributed by atoms with Gasteiger partial charge in [-0.3, -0.25) is 4.79 Å². The summed E-state index contributed by atoms with van der Waals surface area (Å²) in [7, 11) is -4.92. The maximum Gasteiger partial charge on any atom is 0.332 e. The van der Waals surface area contributed by atoms with Crippen molar-refractivity contribution < 1.29 is 17.0 Å². The zero-order chi connectivity index (χ0) is 28.7. The Bertz CT molecular complexity index is 2020. The second kappa shape index (κ2) is 10.7. The van der Waals surface area contributed by atoms with Gasteiger partial charge in [-0.1, -0.05) is 31.5 Å². The third-order valence-corrected chi connectivity index (χ3v) is 8.65. The van der Waals surface area contributed by atoms with Gasteiger partial charge in [0.25, 0.3) is 0 Å². The van der Waals surface area contributed by atoms with Gasteiger partial charge in [0, 0.05) is 22.5 Å². The highest BCUT2D eigenvalue weighted by Crippen LogP contribution is 2.39. The minimum atomic E-state index is -4.92. The minimum absolute atomic E-state index is 0.0719. The van der Waals surface area contributed by atoms with Crippen molar-refractivity contribution in [2.45, 2.75) is 43.5 Å². The Balaban J connectivity index is 1.71. The zero-order valence-corrected chi connectivity index (χ0v) is 23.4. The molecular weight excluding hydrogens is 543 g/mol. The normalized spacial score (nSPS) is 14.6. The Morgan fingerprint density at radius 1 is 1.10 bits per heavy atom. The van der Waals surface area contributed by atoms with Gasteiger partial charge in [-0.15, -0.1) is 3.89 Å². The third-order valence-electron chi connectivity index (χ3n) is 7.83. The molecule has 2 aromatic heterocycles. The van der Waals surface area contributed by atoms with E-state index in [9.17, 15) is 22.4 Å². The van der Waals surface area contributed by atoms with Crippen LogP contribution in [0, 0.1) is 11.3 Å². The number of halogens is 1. The van der Waals surface area contributed by atoms with Crippen LogP contribution in [0.2, 0.25) is 0 Å². The fraction of sp³-hybridized carbons (Fsp3) is 0.290. The number of aromatic amines is 1. The maximum atomic E-state index is 14.2. The van der Waals surface area contributed by atoms with Gasteiger partial charge in [0.1, 0.15) is 11.4 Å². The summed E-state index contributed by atoms with van der Waals surface area (Å²) in [5, 5.41) is 14.6. The molecule has 0 saturated carbocycles. The zero-order valence-electron chi connectivity index (χ0n) is 22.5. The van der Waals surface area contributed by atoms with E-state index in [-0.39, 0.29) is 11.5 Å². The average molecular weight is 573 g/mol. The third kappa shape index (κ3) is 4.85. The first kappa shape index (κ1) is 27.0. The number of nitrogens with one attached hydrogen (secondary N) is 2. The van der Waals surface area contributed by atoms with Crippen molar-refractivity contribution >= 4 is 43.1 Å². The number of aromatic nitrogens is 2. The van der Waals surface area contributed by atoms with Crippen LogP contribution in [-0.4, -0.2) is 37.7 Å². The molecule has 0 radical (unpaired) electrons. The van der Waals surface area contributed by atoms with Crippen molar-refractivity contribution in [2.24, 2.45) is 0 Å². The second-order valence-electron chi connectivity index (χ2n) is 10.4. The molecule has 0 aliphatic carbocycles. The molecule has 3 aromatic carbocycles. The summed E-state index contributed by atoms with van der Waals surface area (Å²) >= 11 is 0.